The third kappa shape index (κ3) is 6.34. The zero-order chi connectivity index (χ0) is 25.2. The van der Waals surface area contributed by atoms with Crippen LogP contribution in [0.3, 0.4) is 0 Å². The van der Waals surface area contributed by atoms with Crippen LogP contribution in [-0.4, -0.2) is 6.36 Å². The molecular formula is C28H32F6O. The van der Waals surface area contributed by atoms with Crippen molar-refractivity contribution in [2.45, 2.75) is 83.4 Å². The van der Waals surface area contributed by atoms with Crippen LogP contribution in [0.1, 0.15) is 82.6 Å². The van der Waals surface area contributed by atoms with Crippen molar-refractivity contribution < 1.29 is 31.1 Å². The van der Waals surface area contributed by atoms with E-state index in [0.717, 1.165) is 36.7 Å². The minimum Gasteiger partial charge on any atom is -0.399 e. The molecule has 0 saturated heterocycles. The van der Waals surface area contributed by atoms with Crippen LogP contribution in [0.4, 0.5) is 26.3 Å². The molecule has 0 spiro atoms. The van der Waals surface area contributed by atoms with E-state index >= 15 is 4.39 Å². The Balaban J connectivity index is 1.43. The van der Waals surface area contributed by atoms with Gasteiger partial charge in [-0.05, 0) is 85.1 Å². The predicted octanol–water partition coefficient (Wildman–Crippen LogP) is 9.55. The normalized spacial score (nSPS) is 24.8. The minimum absolute atomic E-state index is 0.0635. The standard InChI is InChI=1S/C28H32F6O/c1-2-3-4-5-17-6-7-19-13-20(9-8-18(19)12-17)21-10-11-23(24(29)14-21)22-15-25(30)27(26(31)16-22)35-28(32,33)34/h10-11,14-20H,2-9,12-13H2,1H3/t17?,18-,19-,20-/m1/s1. The van der Waals surface area contributed by atoms with Gasteiger partial charge in [0.05, 0.1) is 0 Å². The van der Waals surface area contributed by atoms with E-state index in [0.29, 0.717) is 18.1 Å². The van der Waals surface area contributed by atoms with E-state index in [1.165, 1.54) is 57.1 Å². The fourth-order valence-corrected chi connectivity index (χ4v) is 6.18. The molecule has 2 aromatic rings. The Bertz CT molecular complexity index is 994. The first kappa shape index (κ1) is 25.9. The molecule has 0 bridgehead atoms. The summed E-state index contributed by atoms with van der Waals surface area (Å²) in [6, 6.07) is 5.96. The van der Waals surface area contributed by atoms with Gasteiger partial charge in [0.25, 0.3) is 0 Å². The first-order chi connectivity index (χ1) is 16.6. The van der Waals surface area contributed by atoms with Gasteiger partial charge in [0.2, 0.25) is 5.75 Å². The molecule has 0 amide bonds. The van der Waals surface area contributed by atoms with Gasteiger partial charge in [0, 0.05) is 5.56 Å². The molecule has 2 aliphatic rings. The van der Waals surface area contributed by atoms with E-state index in [2.05, 4.69) is 11.7 Å². The number of fused-ring (bicyclic) bond motifs is 1. The molecule has 2 aromatic carbocycles. The summed E-state index contributed by atoms with van der Waals surface area (Å²) in [6.45, 7) is 2.23. The number of alkyl halides is 3. The second-order valence-electron chi connectivity index (χ2n) is 10.3. The topological polar surface area (TPSA) is 9.23 Å². The molecule has 2 fully saturated rings. The Hall–Kier alpha value is -2.18. The number of ether oxygens (including phenoxy) is 1. The lowest BCUT2D eigenvalue weighted by molar-refractivity contribution is -0.276. The fraction of sp³-hybridized carbons (Fsp3) is 0.571. The summed E-state index contributed by atoms with van der Waals surface area (Å²) in [6.07, 6.45) is 6.93. The molecule has 0 heterocycles. The average Bonchev–Trinajstić information content (AvgIpc) is 2.80. The van der Waals surface area contributed by atoms with Gasteiger partial charge in [-0.25, -0.2) is 13.2 Å². The van der Waals surface area contributed by atoms with Crippen LogP contribution in [-0.2, 0) is 0 Å². The van der Waals surface area contributed by atoms with Crippen LogP contribution in [0.15, 0.2) is 30.3 Å². The predicted molar refractivity (Wildman–Crippen MR) is 123 cm³/mol. The van der Waals surface area contributed by atoms with E-state index in [1.807, 2.05) is 0 Å². The van der Waals surface area contributed by atoms with Gasteiger partial charge in [0.15, 0.2) is 11.6 Å². The Morgan fingerprint density at radius 2 is 1.51 bits per heavy atom. The van der Waals surface area contributed by atoms with E-state index < -0.39 is 29.6 Å². The van der Waals surface area contributed by atoms with Crippen molar-refractivity contribution in [2.75, 3.05) is 0 Å². The van der Waals surface area contributed by atoms with E-state index in [9.17, 15) is 22.0 Å². The van der Waals surface area contributed by atoms with Gasteiger partial charge in [-0.15, -0.1) is 13.2 Å². The fourth-order valence-electron chi connectivity index (χ4n) is 6.18. The second kappa shape index (κ2) is 10.8. The number of halogens is 6. The third-order valence-corrected chi connectivity index (χ3v) is 7.93. The van der Waals surface area contributed by atoms with Gasteiger partial charge in [0.1, 0.15) is 5.82 Å². The molecule has 0 N–H and O–H groups in total. The average molecular weight is 499 g/mol. The van der Waals surface area contributed by atoms with Gasteiger partial charge in [-0.3, -0.25) is 0 Å². The van der Waals surface area contributed by atoms with Crippen LogP contribution < -0.4 is 4.74 Å². The quantitative estimate of drug-likeness (QED) is 0.273. The van der Waals surface area contributed by atoms with Crippen LogP contribution in [0.25, 0.3) is 11.1 Å². The molecule has 2 saturated carbocycles. The summed E-state index contributed by atoms with van der Waals surface area (Å²) in [5.41, 5.74) is 0.628. The molecule has 2 aliphatic carbocycles. The largest absolute Gasteiger partial charge is 0.573 e. The molecule has 4 rings (SSSR count). The van der Waals surface area contributed by atoms with Gasteiger partial charge < -0.3 is 4.74 Å². The van der Waals surface area contributed by atoms with Gasteiger partial charge in [-0.1, -0.05) is 51.2 Å². The summed E-state index contributed by atoms with van der Waals surface area (Å²) in [5.74, 6) is -2.78. The first-order valence-electron chi connectivity index (χ1n) is 12.7. The maximum atomic E-state index is 15.0. The summed E-state index contributed by atoms with van der Waals surface area (Å²) in [4.78, 5) is 0. The molecule has 7 heteroatoms. The van der Waals surface area contributed by atoms with Crippen molar-refractivity contribution in [3.05, 3.63) is 53.3 Å². The highest BCUT2D eigenvalue weighted by atomic mass is 19.4. The summed E-state index contributed by atoms with van der Waals surface area (Å²) < 4.78 is 83.8. The van der Waals surface area contributed by atoms with E-state index in [1.54, 1.807) is 6.07 Å². The zero-order valence-electron chi connectivity index (χ0n) is 19.9. The monoisotopic (exact) mass is 498 g/mol. The zero-order valence-corrected chi connectivity index (χ0v) is 19.9. The Kier molecular flexibility index (Phi) is 8.02. The van der Waals surface area contributed by atoms with Crippen molar-refractivity contribution in [2.24, 2.45) is 17.8 Å². The van der Waals surface area contributed by atoms with Crippen LogP contribution in [0.2, 0.25) is 0 Å². The van der Waals surface area contributed by atoms with Crippen molar-refractivity contribution in [1.29, 1.82) is 0 Å². The lowest BCUT2D eigenvalue weighted by Crippen LogP contribution is -2.30. The molecular weight excluding hydrogens is 466 g/mol. The summed E-state index contributed by atoms with van der Waals surface area (Å²) in [5, 5.41) is 0. The molecule has 0 radical (unpaired) electrons. The maximum absolute atomic E-state index is 15.0. The molecule has 4 atom stereocenters. The second-order valence-corrected chi connectivity index (χ2v) is 10.3. The molecule has 1 nitrogen and oxygen atoms in total. The highest BCUT2D eigenvalue weighted by molar-refractivity contribution is 5.66. The van der Waals surface area contributed by atoms with Gasteiger partial charge in [-0.2, -0.15) is 0 Å². The lowest BCUT2D eigenvalue weighted by atomic mass is 9.63. The smallest absolute Gasteiger partial charge is 0.399 e. The summed E-state index contributed by atoms with van der Waals surface area (Å²) in [7, 11) is 0. The molecule has 0 aliphatic heterocycles. The Labute approximate surface area is 202 Å². The number of benzene rings is 2. The van der Waals surface area contributed by atoms with Crippen molar-refractivity contribution in [1.82, 2.24) is 0 Å². The molecule has 192 valence electrons. The van der Waals surface area contributed by atoms with E-state index in [4.69, 9.17) is 0 Å². The highest BCUT2D eigenvalue weighted by Gasteiger charge is 2.36. The van der Waals surface area contributed by atoms with Gasteiger partial charge >= 0.3 is 6.36 Å². The minimum atomic E-state index is -5.23. The number of hydrogen-bond acceptors (Lipinski definition) is 1. The number of unbranched alkanes of at least 4 members (excludes halogenated alkanes) is 2. The number of hydrogen-bond donors (Lipinski definition) is 0. The molecule has 35 heavy (non-hydrogen) atoms. The van der Waals surface area contributed by atoms with Crippen molar-refractivity contribution in [3.63, 3.8) is 0 Å². The third-order valence-electron chi connectivity index (χ3n) is 7.93. The SMILES string of the molecule is CCCCCC1CC[C@@H]2C[C@H](c3ccc(-c4cc(F)c(OC(F)(F)F)c(F)c4)c(F)c3)CC[C@@H]2C1. The van der Waals surface area contributed by atoms with Crippen molar-refractivity contribution >= 4 is 0 Å². The number of rotatable bonds is 7. The lowest BCUT2D eigenvalue weighted by Gasteiger charge is -2.42. The Morgan fingerprint density at radius 3 is 2.17 bits per heavy atom. The maximum Gasteiger partial charge on any atom is 0.573 e. The van der Waals surface area contributed by atoms with Crippen LogP contribution >= 0.6 is 0 Å². The van der Waals surface area contributed by atoms with Crippen LogP contribution in [0.5, 0.6) is 5.75 Å². The summed E-state index contributed by atoms with van der Waals surface area (Å²) >= 11 is 0. The Morgan fingerprint density at radius 1 is 0.829 bits per heavy atom. The first-order valence-corrected chi connectivity index (χ1v) is 12.7. The molecule has 0 aromatic heterocycles. The van der Waals surface area contributed by atoms with Crippen molar-refractivity contribution in [3.8, 4) is 16.9 Å². The van der Waals surface area contributed by atoms with Crippen LogP contribution in [0, 0.1) is 35.2 Å². The molecule has 1 unspecified atom stereocenters. The van der Waals surface area contributed by atoms with E-state index in [-0.39, 0.29) is 17.0 Å². The highest BCUT2D eigenvalue weighted by Crippen LogP contribution is 2.48.